The fourth-order valence-electron chi connectivity index (χ4n) is 1.65. The van der Waals surface area contributed by atoms with Gasteiger partial charge in [-0.3, -0.25) is 0 Å². The molecule has 0 heterocycles. The second-order valence-corrected chi connectivity index (χ2v) is 5.29. The lowest BCUT2D eigenvalue weighted by Crippen LogP contribution is -2.00. The summed E-state index contributed by atoms with van der Waals surface area (Å²) in [5.74, 6) is 0. The van der Waals surface area contributed by atoms with Crippen LogP contribution in [0.25, 0.3) is 0 Å². The fraction of sp³-hybridized carbons (Fsp3) is 0.143. The molecule has 2 aromatic carbocycles. The third-order valence-corrected chi connectivity index (χ3v) is 3.83. The first-order valence-electron chi connectivity index (χ1n) is 5.62. The van der Waals surface area contributed by atoms with E-state index in [0.717, 1.165) is 15.7 Å². The normalized spacial score (nSPS) is 10.8. The van der Waals surface area contributed by atoms with Gasteiger partial charge >= 0.3 is 0 Å². The maximum absolute atomic E-state index is 12.6. The number of rotatable bonds is 4. The predicted molar refractivity (Wildman–Crippen MR) is 77.9 cm³/mol. The molecule has 0 bridgehead atoms. The van der Waals surface area contributed by atoms with Crippen LogP contribution in [0.3, 0.4) is 0 Å². The number of anilines is 1. The minimum absolute atomic E-state index is 0.0385. The van der Waals surface area contributed by atoms with Gasteiger partial charge in [0.1, 0.15) is 0 Å². The highest BCUT2D eigenvalue weighted by Gasteiger charge is 2.07. The van der Waals surface area contributed by atoms with E-state index in [1.807, 2.05) is 18.2 Å². The molecular formula is C14H11BrClF2N. The quantitative estimate of drug-likeness (QED) is 0.754. The van der Waals surface area contributed by atoms with Crippen molar-refractivity contribution in [3.63, 3.8) is 0 Å². The van der Waals surface area contributed by atoms with Crippen LogP contribution in [0.15, 0.2) is 46.9 Å². The molecule has 1 nitrogen and oxygen atoms in total. The van der Waals surface area contributed by atoms with Crippen molar-refractivity contribution in [3.05, 3.63) is 63.1 Å². The first-order chi connectivity index (χ1) is 9.06. The van der Waals surface area contributed by atoms with Crippen LogP contribution in [0.5, 0.6) is 0 Å². The van der Waals surface area contributed by atoms with Crippen LogP contribution in [-0.4, -0.2) is 0 Å². The standard InChI is InChI=1S/C14H11BrClF2N/c15-12-7-11(4-5-13(12)16)19-8-9-2-1-3-10(6-9)14(17)18/h1-7,14,19H,8H2. The van der Waals surface area contributed by atoms with Crippen LogP contribution in [-0.2, 0) is 6.54 Å². The highest BCUT2D eigenvalue weighted by Crippen LogP contribution is 2.26. The molecule has 100 valence electrons. The van der Waals surface area contributed by atoms with Gasteiger partial charge in [0.2, 0.25) is 0 Å². The van der Waals surface area contributed by atoms with E-state index in [2.05, 4.69) is 21.2 Å². The molecule has 2 rings (SSSR count). The van der Waals surface area contributed by atoms with Gasteiger partial charge < -0.3 is 5.32 Å². The number of nitrogens with one attached hydrogen (secondary N) is 1. The van der Waals surface area contributed by atoms with Gasteiger partial charge in [0.05, 0.1) is 5.02 Å². The zero-order valence-corrected chi connectivity index (χ0v) is 12.2. The summed E-state index contributed by atoms with van der Waals surface area (Å²) in [6.45, 7) is 0.481. The zero-order valence-electron chi connectivity index (χ0n) is 9.84. The lowest BCUT2D eigenvalue weighted by atomic mass is 10.1. The second-order valence-electron chi connectivity index (χ2n) is 4.03. The summed E-state index contributed by atoms with van der Waals surface area (Å²) < 4.78 is 25.9. The Bertz CT molecular complexity index is 575. The van der Waals surface area contributed by atoms with Gasteiger partial charge in [-0.25, -0.2) is 8.78 Å². The smallest absolute Gasteiger partial charge is 0.263 e. The Morgan fingerprint density at radius 2 is 1.95 bits per heavy atom. The molecule has 0 atom stereocenters. The van der Waals surface area contributed by atoms with E-state index in [1.165, 1.54) is 12.1 Å². The number of halogens is 4. The van der Waals surface area contributed by atoms with Crippen LogP contribution in [0.1, 0.15) is 17.6 Å². The topological polar surface area (TPSA) is 12.0 Å². The van der Waals surface area contributed by atoms with E-state index >= 15 is 0 Å². The molecule has 0 unspecified atom stereocenters. The van der Waals surface area contributed by atoms with Crippen molar-refractivity contribution in [1.82, 2.24) is 0 Å². The highest BCUT2D eigenvalue weighted by molar-refractivity contribution is 9.10. The van der Waals surface area contributed by atoms with Crippen LogP contribution < -0.4 is 5.32 Å². The third kappa shape index (κ3) is 3.91. The Morgan fingerprint density at radius 1 is 1.16 bits per heavy atom. The molecule has 0 saturated heterocycles. The van der Waals surface area contributed by atoms with Crippen LogP contribution in [0, 0.1) is 0 Å². The van der Waals surface area contributed by atoms with Gasteiger partial charge in [-0.1, -0.05) is 29.8 Å². The van der Waals surface area contributed by atoms with E-state index in [0.29, 0.717) is 11.6 Å². The molecule has 0 aliphatic carbocycles. The van der Waals surface area contributed by atoms with E-state index in [4.69, 9.17) is 11.6 Å². The minimum Gasteiger partial charge on any atom is -0.381 e. The average molecular weight is 347 g/mol. The second kappa shape index (κ2) is 6.35. The highest BCUT2D eigenvalue weighted by atomic mass is 79.9. The molecule has 0 spiro atoms. The molecule has 0 amide bonds. The number of hydrogen-bond acceptors (Lipinski definition) is 1. The Labute approximate surface area is 123 Å². The molecule has 2 aromatic rings. The summed E-state index contributed by atoms with van der Waals surface area (Å²) in [5, 5.41) is 3.79. The molecule has 1 N–H and O–H groups in total. The van der Waals surface area contributed by atoms with Gasteiger partial charge in [-0.15, -0.1) is 0 Å². The molecule has 19 heavy (non-hydrogen) atoms. The van der Waals surface area contributed by atoms with Gasteiger partial charge in [0.15, 0.2) is 0 Å². The van der Waals surface area contributed by atoms with E-state index < -0.39 is 6.43 Å². The molecule has 0 aliphatic heterocycles. The maximum Gasteiger partial charge on any atom is 0.263 e. The molecule has 0 fully saturated rings. The average Bonchev–Trinajstić information content (AvgIpc) is 2.40. The third-order valence-electron chi connectivity index (χ3n) is 2.62. The largest absolute Gasteiger partial charge is 0.381 e. The number of benzene rings is 2. The van der Waals surface area contributed by atoms with Crippen molar-refractivity contribution < 1.29 is 8.78 Å². The Balaban J connectivity index is 2.05. The van der Waals surface area contributed by atoms with Crippen molar-refractivity contribution >= 4 is 33.2 Å². The predicted octanol–water partition coefficient (Wildman–Crippen LogP) is 5.65. The summed E-state index contributed by atoms with van der Waals surface area (Å²) in [6.07, 6.45) is -2.44. The summed E-state index contributed by atoms with van der Waals surface area (Å²) in [5.41, 5.74) is 1.72. The monoisotopic (exact) mass is 345 g/mol. The van der Waals surface area contributed by atoms with E-state index in [-0.39, 0.29) is 5.56 Å². The summed E-state index contributed by atoms with van der Waals surface area (Å²) in [6, 6.07) is 11.8. The van der Waals surface area contributed by atoms with Crippen LogP contribution >= 0.6 is 27.5 Å². The summed E-state index contributed by atoms with van der Waals surface area (Å²) in [7, 11) is 0. The van der Waals surface area contributed by atoms with E-state index in [1.54, 1.807) is 12.1 Å². The Morgan fingerprint density at radius 3 is 2.63 bits per heavy atom. The Hall–Kier alpha value is -1.13. The molecule has 0 aromatic heterocycles. The molecule has 0 aliphatic rings. The molecule has 5 heteroatoms. The summed E-state index contributed by atoms with van der Waals surface area (Å²) in [4.78, 5) is 0. The van der Waals surface area contributed by atoms with Crippen molar-refractivity contribution in [2.75, 3.05) is 5.32 Å². The lowest BCUT2D eigenvalue weighted by Gasteiger charge is -2.09. The molecule has 0 saturated carbocycles. The van der Waals surface area contributed by atoms with Gasteiger partial charge in [-0.05, 0) is 45.8 Å². The Kier molecular flexibility index (Phi) is 4.77. The molecule has 0 radical (unpaired) electrons. The minimum atomic E-state index is -2.44. The first kappa shape index (κ1) is 14.3. The zero-order chi connectivity index (χ0) is 13.8. The summed E-state index contributed by atoms with van der Waals surface area (Å²) >= 11 is 9.23. The van der Waals surface area contributed by atoms with E-state index in [9.17, 15) is 8.78 Å². The molecular weight excluding hydrogens is 336 g/mol. The van der Waals surface area contributed by atoms with Crippen LogP contribution in [0.2, 0.25) is 5.02 Å². The maximum atomic E-state index is 12.6. The van der Waals surface area contributed by atoms with Crippen molar-refractivity contribution in [1.29, 1.82) is 0 Å². The van der Waals surface area contributed by atoms with Gasteiger partial charge in [-0.2, -0.15) is 0 Å². The lowest BCUT2D eigenvalue weighted by molar-refractivity contribution is 0.151. The number of hydrogen-bond donors (Lipinski definition) is 1. The van der Waals surface area contributed by atoms with Gasteiger partial charge in [0.25, 0.3) is 6.43 Å². The van der Waals surface area contributed by atoms with Crippen molar-refractivity contribution in [3.8, 4) is 0 Å². The van der Waals surface area contributed by atoms with Gasteiger partial charge in [0, 0.05) is 22.3 Å². The van der Waals surface area contributed by atoms with Crippen molar-refractivity contribution in [2.45, 2.75) is 13.0 Å². The SMILES string of the molecule is FC(F)c1cccc(CNc2ccc(Cl)c(Br)c2)c1. The number of alkyl halides is 2. The van der Waals surface area contributed by atoms with Crippen molar-refractivity contribution in [2.24, 2.45) is 0 Å². The fourth-order valence-corrected chi connectivity index (χ4v) is 2.15. The van der Waals surface area contributed by atoms with Crippen LogP contribution in [0.4, 0.5) is 14.5 Å². The first-order valence-corrected chi connectivity index (χ1v) is 6.79.